The van der Waals surface area contributed by atoms with Gasteiger partial charge in [-0.2, -0.15) is 9.78 Å². The molecule has 1 atom stereocenters. The Balaban J connectivity index is 1.31. The van der Waals surface area contributed by atoms with Crippen LogP contribution in [0.2, 0.25) is 0 Å². The van der Waals surface area contributed by atoms with Gasteiger partial charge in [-0.3, -0.25) is 5.32 Å². The molecule has 0 saturated heterocycles. The molecule has 3 aromatic heterocycles. The van der Waals surface area contributed by atoms with Crippen LogP contribution in [0.4, 0.5) is 19.8 Å². The van der Waals surface area contributed by atoms with Crippen LogP contribution < -0.4 is 10.6 Å². The van der Waals surface area contributed by atoms with Crippen LogP contribution >= 0.6 is 0 Å². The molecule has 3 N–H and O–H groups in total. The van der Waals surface area contributed by atoms with E-state index in [4.69, 9.17) is 4.74 Å². The highest BCUT2D eigenvalue weighted by molar-refractivity contribution is 5.91. The van der Waals surface area contributed by atoms with Gasteiger partial charge in [0.15, 0.2) is 0 Å². The summed E-state index contributed by atoms with van der Waals surface area (Å²) in [5.41, 5.74) is 0.904. The van der Waals surface area contributed by atoms with Gasteiger partial charge in [0.1, 0.15) is 17.2 Å². The fraction of sp³-hybridized carbons (Fsp3) is 0.379. The zero-order valence-electron chi connectivity index (χ0n) is 24.1. The molecule has 42 heavy (non-hydrogen) atoms. The summed E-state index contributed by atoms with van der Waals surface area (Å²) in [5, 5.41) is 21.1. The van der Waals surface area contributed by atoms with Crippen LogP contribution in [0.5, 0.6) is 0 Å². The minimum Gasteiger partial charge on any atom is -0.444 e. The van der Waals surface area contributed by atoms with Crippen LogP contribution in [-0.4, -0.2) is 64.6 Å². The number of hydrogen-bond donors (Lipinski definition) is 3. The van der Waals surface area contributed by atoms with Gasteiger partial charge in [0.25, 0.3) is 5.95 Å². The third kappa shape index (κ3) is 6.46. The molecule has 12 nitrogen and oxygen atoms in total. The van der Waals surface area contributed by atoms with Crippen molar-refractivity contribution in [3.05, 3.63) is 71.6 Å². The van der Waals surface area contributed by atoms with E-state index in [2.05, 4.69) is 30.7 Å². The second-order valence-electron chi connectivity index (χ2n) is 11.7. The number of carbonyl (C=O) groups is 2. The highest BCUT2D eigenvalue weighted by Gasteiger charge is 2.30. The first-order valence-electron chi connectivity index (χ1n) is 13.5. The molecule has 0 saturated carbocycles. The molecule has 0 aliphatic carbocycles. The van der Waals surface area contributed by atoms with Crippen molar-refractivity contribution in [3.63, 3.8) is 0 Å². The lowest BCUT2D eigenvalue weighted by molar-refractivity contribution is 0.0220. The number of anilines is 1. The van der Waals surface area contributed by atoms with Gasteiger partial charge < -0.3 is 20.1 Å². The second-order valence-corrected chi connectivity index (χ2v) is 11.7. The van der Waals surface area contributed by atoms with Crippen LogP contribution in [0.1, 0.15) is 57.5 Å². The molecule has 1 aliphatic heterocycles. The second kappa shape index (κ2) is 11.0. The monoisotopic (exact) mass is 576 g/mol. The number of pyridine rings is 1. The molecule has 13 heteroatoms. The predicted octanol–water partition coefficient (Wildman–Crippen LogP) is 4.28. The van der Waals surface area contributed by atoms with Crippen molar-refractivity contribution in [1.82, 2.24) is 34.9 Å². The lowest BCUT2D eigenvalue weighted by atomic mass is 9.92. The normalized spacial score (nSPS) is 14.3. The first kappa shape index (κ1) is 28.9. The Morgan fingerprint density at radius 2 is 1.81 bits per heavy atom. The molecule has 0 spiro atoms. The molecule has 0 bridgehead atoms. The van der Waals surface area contributed by atoms with Crippen molar-refractivity contribution in [2.45, 2.75) is 64.8 Å². The van der Waals surface area contributed by atoms with E-state index < -0.39 is 35.2 Å². The van der Waals surface area contributed by atoms with E-state index in [0.717, 1.165) is 5.56 Å². The Labute approximate surface area is 241 Å². The number of ether oxygens (including phenoxy) is 1. The zero-order valence-corrected chi connectivity index (χ0v) is 24.1. The topological polar surface area (TPSA) is 147 Å². The summed E-state index contributed by atoms with van der Waals surface area (Å²) in [5.74, 6) is 0.161. The van der Waals surface area contributed by atoms with Gasteiger partial charge in [-0.25, -0.2) is 28.9 Å². The summed E-state index contributed by atoms with van der Waals surface area (Å²) in [7, 11) is 0. The van der Waals surface area contributed by atoms with Gasteiger partial charge in [0.2, 0.25) is 0 Å². The maximum Gasteiger partial charge on any atom is 0.410 e. The van der Waals surface area contributed by atoms with E-state index in [9.17, 15) is 19.1 Å². The highest BCUT2D eigenvalue weighted by atomic mass is 19.1. The third-order valence-corrected chi connectivity index (χ3v) is 6.66. The van der Waals surface area contributed by atoms with Gasteiger partial charge in [0.05, 0.1) is 41.8 Å². The van der Waals surface area contributed by atoms with Gasteiger partial charge in [-0.05, 0) is 70.4 Å². The average Bonchev–Trinajstić information content (AvgIpc) is 3.33. The predicted molar refractivity (Wildman–Crippen MR) is 152 cm³/mol. The Bertz CT molecular complexity index is 1630. The van der Waals surface area contributed by atoms with Crippen molar-refractivity contribution in [2.75, 3.05) is 11.9 Å². The van der Waals surface area contributed by atoms with Gasteiger partial charge in [0, 0.05) is 18.1 Å². The quantitative estimate of drug-likeness (QED) is 0.319. The van der Waals surface area contributed by atoms with E-state index in [1.165, 1.54) is 28.9 Å². The Morgan fingerprint density at radius 3 is 2.50 bits per heavy atom. The summed E-state index contributed by atoms with van der Waals surface area (Å²) in [6, 6.07) is 5.80. The first-order chi connectivity index (χ1) is 19.8. The molecule has 1 unspecified atom stereocenters. The summed E-state index contributed by atoms with van der Waals surface area (Å²) < 4.78 is 20.5. The lowest BCUT2D eigenvalue weighted by Crippen LogP contribution is -2.43. The smallest absolute Gasteiger partial charge is 0.410 e. The molecule has 0 radical (unpaired) electrons. The largest absolute Gasteiger partial charge is 0.444 e. The maximum absolute atomic E-state index is 13.4. The van der Waals surface area contributed by atoms with E-state index in [1.807, 2.05) is 20.8 Å². The molecule has 3 amide bonds. The minimum absolute atomic E-state index is 0.257. The van der Waals surface area contributed by atoms with Gasteiger partial charge in [-0.15, -0.1) is 0 Å². The molecule has 5 rings (SSSR count). The van der Waals surface area contributed by atoms with E-state index in [1.54, 1.807) is 43.4 Å². The number of rotatable bonds is 5. The van der Waals surface area contributed by atoms with Crippen molar-refractivity contribution in [3.8, 4) is 5.95 Å². The van der Waals surface area contributed by atoms with Gasteiger partial charge in [-0.1, -0.05) is 12.1 Å². The molecular formula is C29H33FN8O4. The van der Waals surface area contributed by atoms with Crippen molar-refractivity contribution >= 4 is 28.8 Å². The fourth-order valence-electron chi connectivity index (χ4n) is 4.64. The zero-order chi connectivity index (χ0) is 30.2. The Morgan fingerprint density at radius 1 is 1.07 bits per heavy atom. The summed E-state index contributed by atoms with van der Waals surface area (Å²) in [4.78, 5) is 40.5. The summed E-state index contributed by atoms with van der Waals surface area (Å²) >= 11 is 0. The molecule has 220 valence electrons. The number of halogens is 1. The van der Waals surface area contributed by atoms with Crippen molar-refractivity contribution in [1.29, 1.82) is 0 Å². The van der Waals surface area contributed by atoms with Crippen molar-refractivity contribution in [2.24, 2.45) is 0 Å². The van der Waals surface area contributed by atoms with E-state index >= 15 is 0 Å². The number of nitrogens with zero attached hydrogens (tertiary/aromatic N) is 6. The number of hydrogen-bond acceptors (Lipinski definition) is 8. The summed E-state index contributed by atoms with van der Waals surface area (Å²) in [6.45, 7) is 9.40. The van der Waals surface area contributed by atoms with Crippen LogP contribution in [0.3, 0.4) is 0 Å². The highest BCUT2D eigenvalue weighted by Crippen LogP contribution is 2.27. The van der Waals surface area contributed by atoms with Gasteiger partial charge >= 0.3 is 12.1 Å². The number of nitrogens with one attached hydrogen (secondary N) is 2. The molecule has 4 heterocycles. The third-order valence-electron chi connectivity index (χ3n) is 6.66. The van der Waals surface area contributed by atoms with Crippen LogP contribution in [-0.2, 0) is 17.7 Å². The molecule has 0 fully saturated rings. The molecule has 4 aromatic rings. The molecule has 1 aliphatic rings. The molecule has 1 aromatic carbocycles. The lowest BCUT2D eigenvalue weighted by Gasteiger charge is -2.30. The number of urea groups is 1. The van der Waals surface area contributed by atoms with Crippen LogP contribution in [0.25, 0.3) is 16.9 Å². The van der Waals surface area contributed by atoms with E-state index in [-0.39, 0.29) is 5.82 Å². The standard InChI is InChI=1S/C29H33FN8O4/c1-28(2,3)42-27(40)37-11-10-18-13-32-25(34-21(18)16-37)38-22-15-31-23(12-19(22)14-33-38)35-26(39)36-24(29(4,5)41)17-6-8-20(30)9-7-17/h6-9,12-15,24,41H,10-11,16H2,1-5H3,(H2,31,35,36,39). The average molecular weight is 577 g/mol. The number of amides is 3. The number of aliphatic hydroxyl groups is 1. The van der Waals surface area contributed by atoms with Crippen LogP contribution in [0.15, 0.2) is 48.9 Å². The maximum atomic E-state index is 13.4. The number of benzene rings is 1. The minimum atomic E-state index is -1.33. The Kier molecular flexibility index (Phi) is 7.54. The van der Waals surface area contributed by atoms with Crippen molar-refractivity contribution < 1.29 is 23.8 Å². The van der Waals surface area contributed by atoms with E-state index in [0.29, 0.717) is 47.6 Å². The van der Waals surface area contributed by atoms with Crippen LogP contribution in [0, 0.1) is 5.82 Å². The SMILES string of the molecule is CC(C)(C)OC(=O)N1CCc2cnc(-n3ncc4cc(NC(=O)NC(c5ccc(F)cc5)C(C)(C)O)ncc43)nc2C1. The molecular weight excluding hydrogens is 543 g/mol. The Hall–Kier alpha value is -4.65. The number of carbonyl (C=O) groups excluding carboxylic acids is 2. The summed E-state index contributed by atoms with van der Waals surface area (Å²) in [6.07, 6.45) is 5.11. The number of aromatic nitrogens is 5. The fourth-order valence-corrected chi connectivity index (χ4v) is 4.64. The number of fused-ring (bicyclic) bond motifs is 2. The first-order valence-corrected chi connectivity index (χ1v) is 13.5.